The molecule has 0 saturated carbocycles. The molecule has 6 heteroatoms. The van der Waals surface area contributed by atoms with Gasteiger partial charge >= 0.3 is 11.9 Å². The summed E-state index contributed by atoms with van der Waals surface area (Å²) in [5.41, 5.74) is 0.134. The molecule has 1 aromatic rings. The smallest absolute Gasteiger partial charge is 0.346 e. The summed E-state index contributed by atoms with van der Waals surface area (Å²) in [6.07, 6.45) is -0.757. The lowest BCUT2D eigenvalue weighted by atomic mass is 10.2. The van der Waals surface area contributed by atoms with Crippen LogP contribution in [0.4, 0.5) is 0 Å². The van der Waals surface area contributed by atoms with E-state index in [9.17, 15) is 9.59 Å². The number of methoxy groups -OCH3 is 1. The molecule has 0 amide bonds. The number of carboxylic acids is 1. The zero-order valence-electron chi connectivity index (χ0n) is 9.27. The number of benzene rings is 1. The lowest BCUT2D eigenvalue weighted by Gasteiger charge is -2.13. The molecule has 92 valence electrons. The van der Waals surface area contributed by atoms with Crippen LogP contribution >= 0.6 is 15.9 Å². The van der Waals surface area contributed by atoms with E-state index in [1.807, 2.05) is 0 Å². The fourth-order valence-electron chi connectivity index (χ4n) is 1.13. The van der Waals surface area contributed by atoms with Gasteiger partial charge in [0.1, 0.15) is 5.75 Å². The Bertz CT molecular complexity index is 443. The molecule has 0 aliphatic carbocycles. The third-order valence-corrected chi connectivity index (χ3v) is 2.64. The molecule has 0 aliphatic rings. The van der Waals surface area contributed by atoms with Crippen LogP contribution in [0, 0.1) is 0 Å². The minimum atomic E-state index is -1.03. The van der Waals surface area contributed by atoms with Gasteiger partial charge in [-0.1, -0.05) is 0 Å². The summed E-state index contributed by atoms with van der Waals surface area (Å²) in [5.74, 6) is -1.15. The molecule has 1 N–H and O–H groups in total. The van der Waals surface area contributed by atoms with Crippen LogP contribution in [-0.2, 0) is 9.53 Å². The maximum Gasteiger partial charge on any atom is 0.346 e. The maximum atomic E-state index is 11.1. The van der Waals surface area contributed by atoms with E-state index in [1.165, 1.54) is 25.3 Å². The van der Waals surface area contributed by atoms with Crippen molar-refractivity contribution in [1.29, 1.82) is 0 Å². The zero-order chi connectivity index (χ0) is 13.0. The van der Waals surface area contributed by atoms with Crippen molar-refractivity contribution in [3.05, 3.63) is 28.2 Å². The Morgan fingerprint density at radius 1 is 1.41 bits per heavy atom. The number of aromatic carboxylic acids is 1. The molecule has 17 heavy (non-hydrogen) atoms. The van der Waals surface area contributed by atoms with Crippen LogP contribution in [0.3, 0.4) is 0 Å². The number of halogens is 1. The van der Waals surface area contributed by atoms with Crippen LogP contribution < -0.4 is 4.74 Å². The minimum absolute atomic E-state index is 0.134. The Morgan fingerprint density at radius 3 is 2.53 bits per heavy atom. The van der Waals surface area contributed by atoms with Gasteiger partial charge in [0.2, 0.25) is 0 Å². The van der Waals surface area contributed by atoms with Gasteiger partial charge in [-0.2, -0.15) is 0 Å². The third-order valence-electron chi connectivity index (χ3n) is 2.02. The summed E-state index contributed by atoms with van der Waals surface area (Å²) in [7, 11) is 1.27. The van der Waals surface area contributed by atoms with Gasteiger partial charge in [-0.05, 0) is 41.1 Å². The molecular weight excluding hydrogens is 292 g/mol. The molecule has 1 rings (SSSR count). The Labute approximate surface area is 106 Å². The Balaban J connectivity index is 2.86. The van der Waals surface area contributed by atoms with Crippen molar-refractivity contribution in [2.45, 2.75) is 13.0 Å². The van der Waals surface area contributed by atoms with Gasteiger partial charge in [0.05, 0.1) is 17.1 Å². The fourth-order valence-corrected chi connectivity index (χ4v) is 1.61. The zero-order valence-corrected chi connectivity index (χ0v) is 10.9. The van der Waals surface area contributed by atoms with Gasteiger partial charge in [-0.25, -0.2) is 9.59 Å². The average molecular weight is 303 g/mol. The summed E-state index contributed by atoms with van der Waals surface area (Å²) in [4.78, 5) is 21.9. The van der Waals surface area contributed by atoms with Crippen LogP contribution in [0.25, 0.3) is 0 Å². The number of esters is 1. The van der Waals surface area contributed by atoms with E-state index < -0.39 is 18.0 Å². The molecule has 1 atom stereocenters. The lowest BCUT2D eigenvalue weighted by molar-refractivity contribution is -0.147. The second-order valence-electron chi connectivity index (χ2n) is 3.23. The molecule has 1 aromatic carbocycles. The highest BCUT2D eigenvalue weighted by atomic mass is 79.9. The highest BCUT2D eigenvalue weighted by Gasteiger charge is 2.16. The van der Waals surface area contributed by atoms with Crippen LogP contribution in [-0.4, -0.2) is 30.3 Å². The Morgan fingerprint density at radius 2 is 2.06 bits per heavy atom. The van der Waals surface area contributed by atoms with Crippen molar-refractivity contribution >= 4 is 27.9 Å². The summed E-state index contributed by atoms with van der Waals surface area (Å²) >= 11 is 3.17. The number of carbonyl (C=O) groups is 2. The number of ether oxygens (including phenoxy) is 2. The average Bonchev–Trinajstić information content (AvgIpc) is 2.30. The van der Waals surface area contributed by atoms with Crippen molar-refractivity contribution in [3.63, 3.8) is 0 Å². The SMILES string of the molecule is COC(=O)C(C)Oc1ccc(C(=O)O)cc1Br. The van der Waals surface area contributed by atoms with E-state index in [0.29, 0.717) is 10.2 Å². The Kier molecular flexibility index (Phi) is 4.51. The van der Waals surface area contributed by atoms with Gasteiger partial charge in [0.25, 0.3) is 0 Å². The van der Waals surface area contributed by atoms with Gasteiger partial charge in [0, 0.05) is 0 Å². The maximum absolute atomic E-state index is 11.1. The van der Waals surface area contributed by atoms with Crippen LogP contribution in [0.15, 0.2) is 22.7 Å². The van der Waals surface area contributed by atoms with Gasteiger partial charge in [-0.3, -0.25) is 0 Å². The van der Waals surface area contributed by atoms with Crippen molar-refractivity contribution in [1.82, 2.24) is 0 Å². The first-order valence-electron chi connectivity index (χ1n) is 4.73. The van der Waals surface area contributed by atoms with Crippen LogP contribution in [0.1, 0.15) is 17.3 Å². The van der Waals surface area contributed by atoms with E-state index >= 15 is 0 Å². The van der Waals surface area contributed by atoms with E-state index in [-0.39, 0.29) is 5.56 Å². The predicted octanol–water partition coefficient (Wildman–Crippen LogP) is 2.09. The van der Waals surface area contributed by atoms with Crippen LogP contribution in [0.5, 0.6) is 5.75 Å². The number of carboxylic acid groups (broad SMARTS) is 1. The molecule has 0 aromatic heterocycles. The second kappa shape index (κ2) is 5.67. The first-order valence-corrected chi connectivity index (χ1v) is 5.52. The van der Waals surface area contributed by atoms with Crippen molar-refractivity contribution in [2.75, 3.05) is 7.11 Å². The van der Waals surface area contributed by atoms with Gasteiger partial charge < -0.3 is 14.6 Å². The van der Waals surface area contributed by atoms with Gasteiger partial charge in [0.15, 0.2) is 6.10 Å². The highest BCUT2D eigenvalue weighted by molar-refractivity contribution is 9.10. The van der Waals surface area contributed by atoms with E-state index in [1.54, 1.807) is 6.92 Å². The molecule has 0 spiro atoms. The van der Waals surface area contributed by atoms with E-state index in [2.05, 4.69) is 20.7 Å². The monoisotopic (exact) mass is 302 g/mol. The number of carbonyl (C=O) groups excluding carboxylic acids is 1. The fraction of sp³-hybridized carbons (Fsp3) is 0.273. The minimum Gasteiger partial charge on any atom is -0.478 e. The Hall–Kier alpha value is -1.56. The van der Waals surface area contributed by atoms with Gasteiger partial charge in [-0.15, -0.1) is 0 Å². The largest absolute Gasteiger partial charge is 0.478 e. The number of hydrogen-bond acceptors (Lipinski definition) is 4. The highest BCUT2D eigenvalue weighted by Crippen LogP contribution is 2.27. The normalized spacial score (nSPS) is 11.7. The summed E-state index contributed by atoms with van der Waals surface area (Å²) in [6.45, 7) is 1.55. The molecule has 5 nitrogen and oxygen atoms in total. The van der Waals surface area contributed by atoms with E-state index in [4.69, 9.17) is 9.84 Å². The molecule has 0 saturated heterocycles. The van der Waals surface area contributed by atoms with E-state index in [0.717, 1.165) is 0 Å². The summed E-state index contributed by atoms with van der Waals surface area (Å²) < 4.78 is 10.3. The first kappa shape index (κ1) is 13.5. The standard InChI is InChI=1S/C11H11BrO5/c1-6(11(15)16-2)17-9-4-3-7(10(13)14)5-8(9)12/h3-6H,1-2H3,(H,13,14). The molecule has 0 bridgehead atoms. The number of rotatable bonds is 4. The molecular formula is C11H11BrO5. The lowest BCUT2D eigenvalue weighted by Crippen LogP contribution is -2.25. The first-order chi connectivity index (χ1) is 7.95. The molecule has 0 radical (unpaired) electrons. The molecule has 1 unspecified atom stereocenters. The van der Waals surface area contributed by atoms with Crippen LogP contribution in [0.2, 0.25) is 0 Å². The molecule has 0 heterocycles. The topological polar surface area (TPSA) is 72.8 Å². The number of hydrogen-bond donors (Lipinski definition) is 1. The molecule has 0 aliphatic heterocycles. The van der Waals surface area contributed by atoms with Crippen molar-refractivity contribution in [3.8, 4) is 5.75 Å². The molecule has 0 fully saturated rings. The summed E-state index contributed by atoms with van der Waals surface area (Å²) in [6, 6.07) is 4.28. The summed E-state index contributed by atoms with van der Waals surface area (Å²) in [5, 5.41) is 8.77. The third kappa shape index (κ3) is 3.45. The quantitative estimate of drug-likeness (QED) is 0.862. The van der Waals surface area contributed by atoms with Crippen molar-refractivity contribution < 1.29 is 24.2 Å². The second-order valence-corrected chi connectivity index (χ2v) is 4.09. The van der Waals surface area contributed by atoms with Crippen molar-refractivity contribution in [2.24, 2.45) is 0 Å². The predicted molar refractivity (Wildman–Crippen MR) is 63.2 cm³/mol.